The van der Waals surface area contributed by atoms with Crippen LogP contribution in [0.25, 0.3) is 5.69 Å². The zero-order valence-electron chi connectivity index (χ0n) is 11.7. The summed E-state index contributed by atoms with van der Waals surface area (Å²) in [5, 5.41) is 14.8. The van der Waals surface area contributed by atoms with E-state index in [0.29, 0.717) is 0 Å². The summed E-state index contributed by atoms with van der Waals surface area (Å²) >= 11 is 0. The van der Waals surface area contributed by atoms with Crippen LogP contribution in [0.3, 0.4) is 0 Å². The fourth-order valence-corrected chi connectivity index (χ4v) is 2.57. The van der Waals surface area contributed by atoms with Gasteiger partial charge in [0.05, 0.1) is 5.69 Å². The van der Waals surface area contributed by atoms with Crippen LogP contribution in [0.4, 0.5) is 5.69 Å². The zero-order valence-corrected chi connectivity index (χ0v) is 11.7. The third kappa shape index (κ3) is 3.14. The summed E-state index contributed by atoms with van der Waals surface area (Å²) in [5.41, 5.74) is 2.10. The Morgan fingerprint density at radius 3 is 2.90 bits per heavy atom. The van der Waals surface area contributed by atoms with Gasteiger partial charge in [0.25, 0.3) is 0 Å². The van der Waals surface area contributed by atoms with Crippen LogP contribution in [0, 0.1) is 5.92 Å². The Balaban J connectivity index is 1.59. The number of likely N-dealkylation sites (tertiary alicyclic amines) is 1. The summed E-state index contributed by atoms with van der Waals surface area (Å²) in [4.78, 5) is 2.40. The van der Waals surface area contributed by atoms with E-state index >= 15 is 0 Å². The van der Waals surface area contributed by atoms with Gasteiger partial charge in [-0.3, -0.25) is 0 Å². The lowest BCUT2D eigenvalue weighted by atomic mass is 9.97. The first-order valence-electron chi connectivity index (χ1n) is 7.07. The first kappa shape index (κ1) is 13.1. The molecule has 0 spiro atoms. The van der Waals surface area contributed by atoms with Gasteiger partial charge in [0.2, 0.25) is 0 Å². The van der Waals surface area contributed by atoms with Gasteiger partial charge in [-0.25, -0.2) is 4.68 Å². The molecule has 0 radical (unpaired) electrons. The molecule has 0 atom stereocenters. The molecule has 6 nitrogen and oxygen atoms in total. The van der Waals surface area contributed by atoms with Gasteiger partial charge in [-0.2, -0.15) is 0 Å². The number of aromatic nitrogens is 4. The van der Waals surface area contributed by atoms with Crippen LogP contribution in [0.1, 0.15) is 12.8 Å². The van der Waals surface area contributed by atoms with Crippen molar-refractivity contribution in [3.63, 3.8) is 0 Å². The van der Waals surface area contributed by atoms with Crippen molar-refractivity contribution >= 4 is 5.69 Å². The highest BCUT2D eigenvalue weighted by Gasteiger charge is 2.16. The van der Waals surface area contributed by atoms with Gasteiger partial charge < -0.3 is 10.2 Å². The highest BCUT2D eigenvalue weighted by atomic mass is 15.5. The van der Waals surface area contributed by atoms with Gasteiger partial charge in [-0.1, -0.05) is 6.07 Å². The number of hydrogen-bond donors (Lipinski definition) is 1. The monoisotopic (exact) mass is 272 g/mol. The number of rotatable bonds is 4. The van der Waals surface area contributed by atoms with E-state index in [1.54, 1.807) is 11.0 Å². The largest absolute Gasteiger partial charge is 0.385 e. The predicted octanol–water partition coefficient (Wildman–Crippen LogP) is 1.42. The van der Waals surface area contributed by atoms with Crippen molar-refractivity contribution < 1.29 is 0 Å². The smallest absolute Gasteiger partial charge is 0.143 e. The molecule has 1 aliphatic rings. The fourth-order valence-electron chi connectivity index (χ4n) is 2.57. The van der Waals surface area contributed by atoms with Crippen molar-refractivity contribution in [1.29, 1.82) is 0 Å². The van der Waals surface area contributed by atoms with E-state index in [0.717, 1.165) is 23.8 Å². The average molecular weight is 272 g/mol. The summed E-state index contributed by atoms with van der Waals surface area (Å²) in [5.74, 6) is 0.767. The van der Waals surface area contributed by atoms with Crippen molar-refractivity contribution in [3.8, 4) is 5.69 Å². The molecule has 3 rings (SSSR count). The third-order valence-electron chi connectivity index (χ3n) is 3.89. The molecule has 106 valence electrons. The standard InChI is InChI=1S/C14H20N6/c1-19-7-5-12(6-8-19)10-15-13-3-2-4-14(9-13)20-11-16-17-18-20/h2-4,9,11-12,15H,5-8,10H2,1H3. The minimum absolute atomic E-state index is 0.767. The summed E-state index contributed by atoms with van der Waals surface area (Å²) in [7, 11) is 2.19. The number of anilines is 1. The van der Waals surface area contributed by atoms with Gasteiger partial charge in [0.15, 0.2) is 0 Å². The fraction of sp³-hybridized carbons (Fsp3) is 0.500. The zero-order chi connectivity index (χ0) is 13.8. The normalized spacial score (nSPS) is 17.2. The van der Waals surface area contributed by atoms with Crippen LogP contribution in [-0.4, -0.2) is 51.8 Å². The molecule has 1 saturated heterocycles. The summed E-state index contributed by atoms with van der Waals surface area (Å²) in [6, 6.07) is 8.18. The van der Waals surface area contributed by atoms with E-state index < -0.39 is 0 Å². The Kier molecular flexibility index (Phi) is 3.92. The topological polar surface area (TPSA) is 58.9 Å². The first-order valence-corrected chi connectivity index (χ1v) is 7.07. The number of piperidine rings is 1. The maximum Gasteiger partial charge on any atom is 0.143 e. The van der Waals surface area contributed by atoms with Crippen LogP contribution in [-0.2, 0) is 0 Å². The van der Waals surface area contributed by atoms with Crippen LogP contribution in [0.15, 0.2) is 30.6 Å². The SMILES string of the molecule is CN1CCC(CNc2cccc(-n3cnnn3)c2)CC1. The predicted molar refractivity (Wildman–Crippen MR) is 77.9 cm³/mol. The number of tetrazole rings is 1. The molecule has 6 heteroatoms. The second-order valence-electron chi connectivity index (χ2n) is 5.43. The molecule has 0 saturated carbocycles. The van der Waals surface area contributed by atoms with Crippen LogP contribution in [0.2, 0.25) is 0 Å². The van der Waals surface area contributed by atoms with Gasteiger partial charge >= 0.3 is 0 Å². The molecule has 1 aromatic carbocycles. The van der Waals surface area contributed by atoms with Crippen molar-refractivity contribution in [2.24, 2.45) is 5.92 Å². The van der Waals surface area contributed by atoms with Crippen molar-refractivity contribution in [2.45, 2.75) is 12.8 Å². The van der Waals surface area contributed by atoms with Gasteiger partial charge in [-0.15, -0.1) is 5.10 Å². The molecule has 0 amide bonds. The molecule has 0 unspecified atom stereocenters. The van der Waals surface area contributed by atoms with Crippen molar-refractivity contribution in [1.82, 2.24) is 25.1 Å². The number of nitrogens with one attached hydrogen (secondary N) is 1. The molecular weight excluding hydrogens is 252 g/mol. The minimum Gasteiger partial charge on any atom is -0.385 e. The quantitative estimate of drug-likeness (QED) is 0.912. The molecule has 1 aromatic heterocycles. The Hall–Kier alpha value is -1.95. The van der Waals surface area contributed by atoms with Crippen molar-refractivity contribution in [3.05, 3.63) is 30.6 Å². The highest BCUT2D eigenvalue weighted by Crippen LogP contribution is 2.18. The average Bonchev–Trinajstić information content (AvgIpc) is 3.01. The Morgan fingerprint density at radius 1 is 1.30 bits per heavy atom. The molecule has 2 aromatic rings. The number of nitrogens with zero attached hydrogens (tertiary/aromatic N) is 5. The lowest BCUT2D eigenvalue weighted by Crippen LogP contribution is -2.32. The minimum atomic E-state index is 0.767. The maximum absolute atomic E-state index is 3.91. The summed E-state index contributed by atoms with van der Waals surface area (Å²) in [6.07, 6.45) is 4.16. The van der Waals surface area contributed by atoms with Gasteiger partial charge in [0, 0.05) is 12.2 Å². The van der Waals surface area contributed by atoms with E-state index in [1.807, 2.05) is 12.1 Å². The number of hydrogen-bond acceptors (Lipinski definition) is 5. The molecule has 20 heavy (non-hydrogen) atoms. The second kappa shape index (κ2) is 6.00. The van der Waals surface area contributed by atoms with Crippen LogP contribution in [0.5, 0.6) is 0 Å². The van der Waals surface area contributed by atoms with E-state index in [-0.39, 0.29) is 0 Å². The summed E-state index contributed by atoms with van der Waals surface area (Å²) in [6.45, 7) is 3.45. The van der Waals surface area contributed by atoms with Gasteiger partial charge in [-0.05, 0) is 67.5 Å². The number of benzene rings is 1. The molecule has 1 N–H and O–H groups in total. The van der Waals surface area contributed by atoms with E-state index in [1.165, 1.54) is 25.9 Å². The third-order valence-corrected chi connectivity index (χ3v) is 3.89. The first-order chi connectivity index (χ1) is 9.81. The van der Waals surface area contributed by atoms with Gasteiger partial charge in [0.1, 0.15) is 6.33 Å². The Bertz CT molecular complexity index is 530. The molecule has 1 fully saturated rings. The molecule has 2 heterocycles. The maximum atomic E-state index is 3.91. The van der Waals surface area contributed by atoms with Crippen LogP contribution >= 0.6 is 0 Å². The molecule has 0 aliphatic carbocycles. The van der Waals surface area contributed by atoms with E-state index in [4.69, 9.17) is 0 Å². The second-order valence-corrected chi connectivity index (χ2v) is 5.43. The van der Waals surface area contributed by atoms with E-state index in [9.17, 15) is 0 Å². The Labute approximate surface area is 118 Å². The summed E-state index contributed by atoms with van der Waals surface area (Å²) < 4.78 is 1.67. The van der Waals surface area contributed by atoms with Crippen LogP contribution < -0.4 is 5.32 Å². The lowest BCUT2D eigenvalue weighted by molar-refractivity contribution is 0.226. The Morgan fingerprint density at radius 2 is 2.15 bits per heavy atom. The molecular formula is C14H20N6. The lowest BCUT2D eigenvalue weighted by Gasteiger charge is -2.29. The highest BCUT2D eigenvalue weighted by molar-refractivity contribution is 5.50. The van der Waals surface area contributed by atoms with Crippen molar-refractivity contribution in [2.75, 3.05) is 32.0 Å². The van der Waals surface area contributed by atoms with E-state index in [2.05, 4.69) is 44.9 Å². The molecule has 0 bridgehead atoms. The molecule has 1 aliphatic heterocycles.